The molecule has 0 unspecified atom stereocenters. The molecule has 13 heavy (non-hydrogen) atoms. The molecule has 2 N–H and O–H groups in total. The van der Waals surface area contributed by atoms with Crippen molar-refractivity contribution >= 4 is 5.88 Å². The lowest BCUT2D eigenvalue weighted by molar-refractivity contribution is 0.544. The number of anilines is 1. The fraction of sp³-hybridized carbons (Fsp3) is 0.600. The van der Waals surface area contributed by atoms with Crippen molar-refractivity contribution in [2.45, 2.75) is 19.8 Å². The summed E-state index contributed by atoms with van der Waals surface area (Å²) in [5.74, 6) is 1.83. The molecule has 74 valence electrons. The second kappa shape index (κ2) is 5.65. The highest BCUT2D eigenvalue weighted by Crippen LogP contribution is 2.11. The fourth-order valence-electron chi connectivity index (χ4n) is 1.17. The van der Waals surface area contributed by atoms with Crippen molar-refractivity contribution < 1.29 is 4.42 Å². The van der Waals surface area contributed by atoms with Crippen LogP contribution in [-0.2, 0) is 0 Å². The second-order valence-electron chi connectivity index (χ2n) is 3.15. The van der Waals surface area contributed by atoms with Gasteiger partial charge >= 0.3 is 0 Å². The number of unbranched alkanes of at least 4 members (excludes halogenated alkanes) is 1. The topological polar surface area (TPSA) is 37.2 Å². The molecule has 1 aromatic rings. The summed E-state index contributed by atoms with van der Waals surface area (Å²) >= 11 is 0. The zero-order chi connectivity index (χ0) is 9.52. The lowest BCUT2D eigenvalue weighted by Gasteiger charge is -2.02. The molecule has 3 heteroatoms. The average Bonchev–Trinajstić information content (AvgIpc) is 2.51. The largest absolute Gasteiger partial charge is 0.446 e. The molecule has 0 saturated carbocycles. The van der Waals surface area contributed by atoms with Crippen LogP contribution in [0.25, 0.3) is 0 Å². The second-order valence-corrected chi connectivity index (χ2v) is 3.15. The van der Waals surface area contributed by atoms with Gasteiger partial charge in [-0.25, -0.2) is 0 Å². The zero-order valence-electron chi connectivity index (χ0n) is 8.39. The standard InChI is InChI=1S/C10H18N2O/c1-9-5-6-10(13-9)12-8-4-3-7-11-2/h5-6,11-12H,3-4,7-8H2,1-2H3. The maximum absolute atomic E-state index is 5.36. The summed E-state index contributed by atoms with van der Waals surface area (Å²) in [7, 11) is 1.98. The number of furan rings is 1. The molecule has 0 aliphatic rings. The van der Waals surface area contributed by atoms with Crippen LogP contribution >= 0.6 is 0 Å². The summed E-state index contributed by atoms with van der Waals surface area (Å²) in [6.07, 6.45) is 2.36. The van der Waals surface area contributed by atoms with Gasteiger partial charge in [0.25, 0.3) is 0 Å². The predicted molar refractivity (Wildman–Crippen MR) is 55.1 cm³/mol. The van der Waals surface area contributed by atoms with Gasteiger partial charge in [0.2, 0.25) is 0 Å². The minimum absolute atomic E-state index is 0.877. The van der Waals surface area contributed by atoms with E-state index in [4.69, 9.17) is 4.42 Å². The van der Waals surface area contributed by atoms with E-state index in [1.807, 2.05) is 26.1 Å². The van der Waals surface area contributed by atoms with Gasteiger partial charge < -0.3 is 15.1 Å². The molecule has 1 rings (SSSR count). The van der Waals surface area contributed by atoms with Gasteiger partial charge in [0.05, 0.1) is 0 Å². The van der Waals surface area contributed by atoms with E-state index in [1.165, 1.54) is 12.8 Å². The number of aryl methyl sites for hydroxylation is 1. The van der Waals surface area contributed by atoms with E-state index in [-0.39, 0.29) is 0 Å². The van der Waals surface area contributed by atoms with E-state index < -0.39 is 0 Å². The molecule has 0 atom stereocenters. The predicted octanol–water partition coefficient (Wildman–Crippen LogP) is 2.00. The Morgan fingerprint density at radius 1 is 1.23 bits per heavy atom. The molecule has 0 amide bonds. The summed E-state index contributed by atoms with van der Waals surface area (Å²) in [5.41, 5.74) is 0. The molecule has 1 aromatic heterocycles. The minimum Gasteiger partial charge on any atom is -0.446 e. The third-order valence-electron chi connectivity index (χ3n) is 1.89. The van der Waals surface area contributed by atoms with Gasteiger partial charge in [0, 0.05) is 12.6 Å². The molecular formula is C10H18N2O. The highest BCUT2D eigenvalue weighted by molar-refractivity contribution is 5.31. The highest BCUT2D eigenvalue weighted by atomic mass is 16.4. The van der Waals surface area contributed by atoms with Crippen LogP contribution in [0.2, 0.25) is 0 Å². The third kappa shape index (κ3) is 3.99. The number of nitrogens with one attached hydrogen (secondary N) is 2. The smallest absolute Gasteiger partial charge is 0.193 e. The van der Waals surface area contributed by atoms with Crippen molar-refractivity contribution in [2.24, 2.45) is 0 Å². The van der Waals surface area contributed by atoms with Gasteiger partial charge in [-0.15, -0.1) is 0 Å². The van der Waals surface area contributed by atoms with Crippen LogP contribution < -0.4 is 10.6 Å². The van der Waals surface area contributed by atoms with Crippen LogP contribution in [0.3, 0.4) is 0 Å². The van der Waals surface area contributed by atoms with Crippen LogP contribution in [0.5, 0.6) is 0 Å². The maximum atomic E-state index is 5.36. The van der Waals surface area contributed by atoms with Crippen LogP contribution in [-0.4, -0.2) is 20.1 Å². The molecule has 0 bridgehead atoms. The van der Waals surface area contributed by atoms with Crippen molar-refractivity contribution in [1.29, 1.82) is 0 Å². The van der Waals surface area contributed by atoms with E-state index in [0.29, 0.717) is 0 Å². The molecular weight excluding hydrogens is 164 g/mol. The molecule has 0 aliphatic heterocycles. The van der Waals surface area contributed by atoms with Crippen molar-refractivity contribution in [3.63, 3.8) is 0 Å². The number of hydrogen-bond donors (Lipinski definition) is 2. The van der Waals surface area contributed by atoms with Gasteiger partial charge in [0.1, 0.15) is 5.76 Å². The first-order valence-electron chi connectivity index (χ1n) is 4.78. The van der Waals surface area contributed by atoms with Crippen molar-refractivity contribution in [3.8, 4) is 0 Å². The summed E-state index contributed by atoms with van der Waals surface area (Å²) in [6.45, 7) is 4.01. The van der Waals surface area contributed by atoms with Gasteiger partial charge in [0.15, 0.2) is 5.88 Å². The quantitative estimate of drug-likeness (QED) is 0.661. The highest BCUT2D eigenvalue weighted by Gasteiger charge is 1.95. The molecule has 3 nitrogen and oxygen atoms in total. The first-order valence-corrected chi connectivity index (χ1v) is 4.78. The van der Waals surface area contributed by atoms with Crippen molar-refractivity contribution in [1.82, 2.24) is 5.32 Å². The van der Waals surface area contributed by atoms with E-state index in [1.54, 1.807) is 0 Å². The van der Waals surface area contributed by atoms with E-state index in [9.17, 15) is 0 Å². The van der Waals surface area contributed by atoms with E-state index in [0.717, 1.165) is 24.7 Å². The molecule has 1 heterocycles. The summed E-state index contributed by atoms with van der Waals surface area (Å²) in [6, 6.07) is 3.93. The minimum atomic E-state index is 0.877. The van der Waals surface area contributed by atoms with Crippen LogP contribution in [0, 0.1) is 6.92 Å². The monoisotopic (exact) mass is 182 g/mol. The summed E-state index contributed by atoms with van der Waals surface area (Å²) in [5, 5.41) is 6.35. The average molecular weight is 182 g/mol. The molecule has 0 radical (unpaired) electrons. The van der Waals surface area contributed by atoms with Gasteiger partial charge in [-0.3, -0.25) is 0 Å². The maximum Gasteiger partial charge on any atom is 0.193 e. The fourth-order valence-corrected chi connectivity index (χ4v) is 1.17. The van der Waals surface area contributed by atoms with Crippen molar-refractivity contribution in [3.05, 3.63) is 17.9 Å². The first kappa shape index (κ1) is 10.1. The summed E-state index contributed by atoms with van der Waals surface area (Å²) < 4.78 is 5.36. The lowest BCUT2D eigenvalue weighted by Crippen LogP contribution is -2.09. The first-order chi connectivity index (χ1) is 6.33. The Hall–Kier alpha value is -0.960. The lowest BCUT2D eigenvalue weighted by atomic mass is 10.3. The molecule has 0 saturated heterocycles. The Balaban J connectivity index is 2.06. The van der Waals surface area contributed by atoms with Gasteiger partial charge in [-0.1, -0.05) is 0 Å². The van der Waals surface area contributed by atoms with E-state index >= 15 is 0 Å². The van der Waals surface area contributed by atoms with Gasteiger partial charge in [-0.2, -0.15) is 0 Å². The third-order valence-corrected chi connectivity index (χ3v) is 1.89. The Bertz CT molecular complexity index is 233. The Morgan fingerprint density at radius 3 is 2.62 bits per heavy atom. The molecule has 0 spiro atoms. The number of hydrogen-bond acceptors (Lipinski definition) is 3. The Labute approximate surface area is 79.5 Å². The molecule has 0 aromatic carbocycles. The van der Waals surface area contributed by atoms with Crippen LogP contribution in [0.15, 0.2) is 16.5 Å². The van der Waals surface area contributed by atoms with Crippen LogP contribution in [0.1, 0.15) is 18.6 Å². The normalized spacial score (nSPS) is 10.3. The summed E-state index contributed by atoms with van der Waals surface area (Å²) in [4.78, 5) is 0. The van der Waals surface area contributed by atoms with Crippen LogP contribution in [0.4, 0.5) is 5.88 Å². The van der Waals surface area contributed by atoms with Gasteiger partial charge in [-0.05, 0) is 39.4 Å². The molecule has 0 aliphatic carbocycles. The Kier molecular flexibility index (Phi) is 4.40. The molecule has 0 fully saturated rings. The SMILES string of the molecule is CNCCCCNc1ccc(C)o1. The van der Waals surface area contributed by atoms with E-state index in [2.05, 4.69) is 10.6 Å². The zero-order valence-corrected chi connectivity index (χ0v) is 8.39. The number of rotatable bonds is 6. The van der Waals surface area contributed by atoms with Crippen molar-refractivity contribution in [2.75, 3.05) is 25.5 Å². The Morgan fingerprint density at radius 2 is 2.00 bits per heavy atom.